The van der Waals surface area contributed by atoms with Gasteiger partial charge < -0.3 is 9.47 Å². The zero-order valence-electron chi connectivity index (χ0n) is 13.1. The van der Waals surface area contributed by atoms with Crippen molar-refractivity contribution in [2.24, 2.45) is 0 Å². The minimum Gasteiger partial charge on any atom is -0.487 e. The van der Waals surface area contributed by atoms with Crippen LogP contribution < -0.4 is 4.74 Å². The molecule has 110 valence electrons. The first kappa shape index (κ1) is 14.2. The van der Waals surface area contributed by atoms with Gasteiger partial charge in [0.15, 0.2) is 0 Å². The second-order valence-corrected chi connectivity index (χ2v) is 6.17. The van der Waals surface area contributed by atoms with Crippen LogP contribution in [0.5, 0.6) is 5.75 Å². The van der Waals surface area contributed by atoms with E-state index in [1.807, 2.05) is 6.07 Å². The Morgan fingerprint density at radius 2 is 1.62 bits per heavy atom. The number of aryl methyl sites for hydroxylation is 2. The van der Waals surface area contributed by atoms with Gasteiger partial charge in [-0.25, -0.2) is 0 Å². The Hall–Kier alpha value is -1.80. The van der Waals surface area contributed by atoms with Crippen LogP contribution in [0.4, 0.5) is 0 Å². The summed E-state index contributed by atoms with van der Waals surface area (Å²) >= 11 is 0. The number of rotatable bonds is 4. The first-order valence-corrected chi connectivity index (χ1v) is 7.47. The summed E-state index contributed by atoms with van der Waals surface area (Å²) in [5.74, 6) is 0.985. The van der Waals surface area contributed by atoms with Crippen molar-refractivity contribution in [2.75, 3.05) is 6.61 Å². The lowest BCUT2D eigenvalue weighted by molar-refractivity contribution is 0.120. The Bertz CT molecular complexity index is 619. The van der Waals surface area contributed by atoms with Gasteiger partial charge in [0.2, 0.25) is 0 Å². The third-order valence-corrected chi connectivity index (χ3v) is 4.32. The van der Waals surface area contributed by atoms with Gasteiger partial charge in [0.05, 0.1) is 6.61 Å². The Morgan fingerprint density at radius 3 is 2.14 bits per heavy atom. The van der Waals surface area contributed by atoms with Crippen LogP contribution in [-0.4, -0.2) is 18.3 Å². The molecule has 21 heavy (non-hydrogen) atoms. The van der Waals surface area contributed by atoms with Gasteiger partial charge in [-0.2, -0.15) is 0 Å². The fourth-order valence-electron chi connectivity index (χ4n) is 2.58. The third-order valence-electron chi connectivity index (χ3n) is 4.32. The van der Waals surface area contributed by atoms with Crippen molar-refractivity contribution in [3.63, 3.8) is 0 Å². The highest BCUT2D eigenvalue weighted by Crippen LogP contribution is 2.36. The van der Waals surface area contributed by atoms with Crippen LogP contribution >= 0.6 is 0 Å². The van der Waals surface area contributed by atoms with Crippen molar-refractivity contribution in [3.05, 3.63) is 53.6 Å². The number of epoxide rings is 1. The maximum Gasteiger partial charge on any atom is 0.127 e. The van der Waals surface area contributed by atoms with Crippen molar-refractivity contribution in [3.8, 4) is 16.9 Å². The molecule has 0 bridgehead atoms. The molecule has 2 atom stereocenters. The Morgan fingerprint density at radius 1 is 1.05 bits per heavy atom. The number of benzene rings is 2. The number of ether oxygens (including phenoxy) is 2. The monoisotopic (exact) mass is 282 g/mol. The molecular weight excluding hydrogens is 260 g/mol. The largest absolute Gasteiger partial charge is 0.487 e. The summed E-state index contributed by atoms with van der Waals surface area (Å²) in [6.45, 7) is 9.18. The van der Waals surface area contributed by atoms with Crippen LogP contribution in [0.15, 0.2) is 42.5 Å². The number of hydrogen-bond acceptors (Lipinski definition) is 2. The average molecular weight is 282 g/mol. The van der Waals surface area contributed by atoms with E-state index in [-0.39, 0.29) is 11.7 Å². The van der Waals surface area contributed by atoms with Gasteiger partial charge in [0.1, 0.15) is 17.5 Å². The fourth-order valence-corrected chi connectivity index (χ4v) is 2.58. The summed E-state index contributed by atoms with van der Waals surface area (Å²) < 4.78 is 11.6. The second kappa shape index (κ2) is 5.19. The van der Waals surface area contributed by atoms with Crippen molar-refractivity contribution in [2.45, 2.75) is 39.4 Å². The molecule has 2 heteroatoms. The molecule has 2 aromatic carbocycles. The third kappa shape index (κ3) is 2.81. The van der Waals surface area contributed by atoms with E-state index in [0.29, 0.717) is 0 Å². The molecule has 0 radical (unpaired) electrons. The molecule has 0 amide bonds. The van der Waals surface area contributed by atoms with E-state index in [1.165, 1.54) is 22.3 Å². The molecule has 0 aliphatic carbocycles. The summed E-state index contributed by atoms with van der Waals surface area (Å²) in [5.41, 5.74) is 4.70. The minimum absolute atomic E-state index is 0.0671. The molecule has 0 aromatic heterocycles. The maximum atomic E-state index is 6.17. The first-order chi connectivity index (χ1) is 9.99. The van der Waals surface area contributed by atoms with Gasteiger partial charge in [0, 0.05) is 0 Å². The molecule has 1 fully saturated rings. The zero-order chi connectivity index (χ0) is 15.0. The molecule has 3 rings (SSSR count). The van der Waals surface area contributed by atoms with Crippen LogP contribution in [0.2, 0.25) is 0 Å². The van der Waals surface area contributed by atoms with E-state index in [0.717, 1.165) is 12.4 Å². The lowest BCUT2D eigenvalue weighted by Crippen LogP contribution is -2.29. The van der Waals surface area contributed by atoms with Crippen LogP contribution in [0, 0.1) is 13.8 Å². The van der Waals surface area contributed by atoms with E-state index < -0.39 is 0 Å². The number of hydrogen-bond donors (Lipinski definition) is 0. The topological polar surface area (TPSA) is 21.8 Å². The van der Waals surface area contributed by atoms with E-state index >= 15 is 0 Å². The molecule has 1 saturated heterocycles. The smallest absolute Gasteiger partial charge is 0.127 e. The van der Waals surface area contributed by atoms with Gasteiger partial charge in [-0.15, -0.1) is 0 Å². The van der Waals surface area contributed by atoms with Crippen molar-refractivity contribution < 1.29 is 9.47 Å². The summed E-state index contributed by atoms with van der Waals surface area (Å²) in [4.78, 5) is 0. The van der Waals surface area contributed by atoms with Crippen LogP contribution in [0.1, 0.15) is 25.0 Å². The predicted octanol–water partition coefficient (Wildman–Crippen LogP) is 4.53. The van der Waals surface area contributed by atoms with Gasteiger partial charge >= 0.3 is 0 Å². The minimum atomic E-state index is -0.114. The van der Waals surface area contributed by atoms with Crippen molar-refractivity contribution >= 4 is 0 Å². The quantitative estimate of drug-likeness (QED) is 0.769. The maximum absolute atomic E-state index is 6.17. The van der Waals surface area contributed by atoms with Crippen LogP contribution in [0.3, 0.4) is 0 Å². The Labute approximate surface area is 126 Å². The Balaban J connectivity index is 1.90. The molecule has 1 aliphatic rings. The molecule has 0 N–H and O–H groups in total. The molecule has 1 heterocycles. The summed E-state index contributed by atoms with van der Waals surface area (Å²) in [6.07, 6.45) is 0.0671. The molecule has 2 nitrogen and oxygen atoms in total. The Kier molecular flexibility index (Phi) is 3.50. The normalized spacial score (nSPS) is 21.9. The van der Waals surface area contributed by atoms with Gasteiger partial charge in [-0.3, -0.25) is 0 Å². The summed E-state index contributed by atoms with van der Waals surface area (Å²) in [6, 6.07) is 14.8. The van der Waals surface area contributed by atoms with Crippen LogP contribution in [0.25, 0.3) is 11.1 Å². The summed E-state index contributed by atoms with van der Waals surface area (Å²) in [7, 11) is 0. The lowest BCUT2D eigenvalue weighted by Gasteiger charge is -2.22. The lowest BCUT2D eigenvalue weighted by atomic mass is 9.99. The zero-order valence-corrected chi connectivity index (χ0v) is 13.1. The predicted molar refractivity (Wildman–Crippen MR) is 85.8 cm³/mol. The van der Waals surface area contributed by atoms with Gasteiger partial charge in [-0.05, 0) is 62.1 Å². The van der Waals surface area contributed by atoms with E-state index in [4.69, 9.17) is 9.47 Å². The molecule has 1 aliphatic heterocycles. The highest BCUT2D eigenvalue weighted by molar-refractivity contribution is 5.67. The highest BCUT2D eigenvalue weighted by atomic mass is 16.6. The fraction of sp³-hybridized carbons (Fsp3) is 0.368. The molecule has 0 spiro atoms. The highest BCUT2D eigenvalue weighted by Gasteiger charge is 2.46. The molecule has 2 aromatic rings. The molecule has 2 unspecified atom stereocenters. The summed E-state index contributed by atoms with van der Waals surface area (Å²) in [5, 5.41) is 0. The molecular formula is C19H22O2. The van der Waals surface area contributed by atoms with E-state index in [2.05, 4.69) is 64.1 Å². The average Bonchev–Trinajstić information content (AvgIpc) is 3.22. The SMILES string of the molecule is Cc1cc(-c2ccccc2)cc(C)c1OC(C)C1(C)CO1. The second-order valence-electron chi connectivity index (χ2n) is 6.17. The van der Waals surface area contributed by atoms with Gasteiger partial charge in [0.25, 0.3) is 0 Å². The van der Waals surface area contributed by atoms with Crippen molar-refractivity contribution in [1.29, 1.82) is 0 Å². The van der Waals surface area contributed by atoms with Crippen LogP contribution in [-0.2, 0) is 4.74 Å². The van der Waals surface area contributed by atoms with Crippen molar-refractivity contribution in [1.82, 2.24) is 0 Å². The first-order valence-electron chi connectivity index (χ1n) is 7.47. The van der Waals surface area contributed by atoms with Gasteiger partial charge in [-0.1, -0.05) is 30.3 Å². The standard InChI is InChI=1S/C19H22O2/c1-13-10-17(16-8-6-5-7-9-16)11-14(2)18(13)21-15(3)19(4)12-20-19/h5-11,15H,12H2,1-4H3. The molecule has 0 saturated carbocycles. The van der Waals surface area contributed by atoms with E-state index in [9.17, 15) is 0 Å². The van der Waals surface area contributed by atoms with E-state index in [1.54, 1.807) is 0 Å².